The molecule has 0 spiro atoms. The van der Waals surface area contributed by atoms with Crippen molar-refractivity contribution < 1.29 is 60.0 Å². The molecule has 572 valence electrons. The topological polar surface area (TPSA) is 126 Å². The molecule has 13 aromatic rings. The van der Waals surface area contributed by atoms with Crippen molar-refractivity contribution >= 4 is 11.6 Å². The van der Waals surface area contributed by atoms with Gasteiger partial charge in [0.25, 0.3) is 0 Å². The van der Waals surface area contributed by atoms with Gasteiger partial charge in [0, 0.05) is 90.0 Å². The second-order valence-electron chi connectivity index (χ2n) is 28.2. The molecule has 4 aromatic heterocycles. The number of pyridine rings is 4. The standard InChI is InChI=1S/C53H56N2O2.C44H34N2.C5H8O2.2Ir/c56-50(31-17-7-3-1-5-11-21-42-23-19-29-46(37-42)48-33-35-54-52(39-48)44-25-13-9-14-26-44)41-51(57)32-18-8-4-2-6-12-22-43-24-20-30-47(38-43)49-34-36-55-53(40-49)45-27-15-10-16-28-45;1-3-11-37(12-4-1)39-25-27-45-43(31-39)41-15-7-9-35(29-41)23-21-33-17-19-34(20-18-33)22-24-36-10-8-16-42(30-36)44-32-40(26-28-46-44)38-13-5-2-6-14-38;1-4(6)3-5(2)7;;/h9-10,13-16,19-20,23-25,27,29-30,33-41,56H,1-8,11-12,17-18,21-22,31-32H2;1-14,17-20,25-32H,21-24H2;3,6H,1-2H3;;/q2*-2;;;. The number of carbonyl (C=O) groups is 2. The number of hydrogen-bond donors (Lipinski definition) is 2. The minimum atomic E-state index is -0.125. The second-order valence-corrected chi connectivity index (χ2v) is 28.2. The van der Waals surface area contributed by atoms with Crippen LogP contribution in [0.25, 0.3) is 89.5 Å². The molecule has 4 heterocycles. The summed E-state index contributed by atoms with van der Waals surface area (Å²) in [5.41, 5.74) is 25.4. The molecule has 0 saturated carbocycles. The van der Waals surface area contributed by atoms with Crippen LogP contribution in [-0.2, 0) is 88.3 Å². The maximum Gasteiger partial charge on any atom is 0.159 e. The number of aliphatic hydroxyl groups excluding tert-OH is 2. The molecule has 0 saturated heterocycles. The van der Waals surface area contributed by atoms with Crippen LogP contribution in [0.4, 0.5) is 0 Å². The molecule has 10 heteroatoms. The largest absolute Gasteiger partial charge is 0.512 e. The number of rotatable bonds is 34. The van der Waals surface area contributed by atoms with Crippen molar-refractivity contribution in [2.45, 2.75) is 142 Å². The fraction of sp³-hybridized carbons (Fsp3) is 0.216. The zero-order valence-electron chi connectivity index (χ0n) is 64.2. The van der Waals surface area contributed by atoms with E-state index in [1.807, 2.05) is 97.6 Å². The average molecular weight is 1830 g/mol. The van der Waals surface area contributed by atoms with Crippen LogP contribution in [-0.4, -0.2) is 41.7 Å². The Hall–Kier alpha value is -10.7. The summed E-state index contributed by atoms with van der Waals surface area (Å²) in [4.78, 5) is 40.8. The summed E-state index contributed by atoms with van der Waals surface area (Å²) >= 11 is 0. The number of aryl methyl sites for hydroxylation is 6. The van der Waals surface area contributed by atoms with Gasteiger partial charge in [-0.05, 0) is 192 Å². The third-order valence-corrected chi connectivity index (χ3v) is 19.5. The van der Waals surface area contributed by atoms with Crippen molar-refractivity contribution in [2.24, 2.45) is 0 Å². The fourth-order valence-electron chi connectivity index (χ4n) is 13.6. The summed E-state index contributed by atoms with van der Waals surface area (Å²) in [6.07, 6.45) is 30.7. The van der Waals surface area contributed by atoms with Gasteiger partial charge in [0.15, 0.2) is 11.6 Å². The average Bonchev–Trinajstić information content (AvgIpc) is 0.845. The van der Waals surface area contributed by atoms with Crippen LogP contribution in [0, 0.1) is 24.3 Å². The van der Waals surface area contributed by atoms with Gasteiger partial charge in [-0.15, -0.1) is 143 Å². The molecule has 112 heavy (non-hydrogen) atoms. The number of unbranched alkanes of at least 4 members (excludes halogenated alkanes) is 10. The van der Waals surface area contributed by atoms with Gasteiger partial charge in [0.2, 0.25) is 0 Å². The van der Waals surface area contributed by atoms with E-state index in [9.17, 15) is 14.7 Å². The molecule has 2 N–H and O–H groups in total. The predicted molar refractivity (Wildman–Crippen MR) is 452 cm³/mol. The molecule has 0 amide bonds. The molecule has 0 unspecified atom stereocenters. The maximum atomic E-state index is 12.4. The molecule has 0 aliphatic heterocycles. The third-order valence-electron chi connectivity index (χ3n) is 19.5. The Balaban J connectivity index is 0.000000237. The molecular weight excluding hydrogens is 1730 g/mol. The van der Waals surface area contributed by atoms with Gasteiger partial charge in [-0.2, -0.15) is 0 Å². The number of aromatic nitrogens is 4. The van der Waals surface area contributed by atoms with Gasteiger partial charge in [0.05, 0.1) is 11.5 Å². The van der Waals surface area contributed by atoms with Crippen molar-refractivity contribution in [1.29, 1.82) is 0 Å². The smallest absolute Gasteiger partial charge is 0.159 e. The number of carbonyl (C=O) groups excluding carboxylic acids is 2. The molecule has 0 aliphatic rings. The first-order valence-corrected chi connectivity index (χ1v) is 39.0. The Morgan fingerprint density at radius 1 is 0.295 bits per heavy atom. The van der Waals surface area contributed by atoms with E-state index in [0.29, 0.717) is 12.8 Å². The Bertz CT molecular complexity index is 4920. The zero-order valence-corrected chi connectivity index (χ0v) is 69.0. The summed E-state index contributed by atoms with van der Waals surface area (Å²) in [5.74, 6) is 0.234. The first kappa shape index (κ1) is 85.3. The van der Waals surface area contributed by atoms with E-state index in [-0.39, 0.29) is 63.3 Å². The summed E-state index contributed by atoms with van der Waals surface area (Å²) < 4.78 is 0. The van der Waals surface area contributed by atoms with Crippen LogP contribution < -0.4 is 0 Å². The summed E-state index contributed by atoms with van der Waals surface area (Å²) in [6, 6.07) is 107. The van der Waals surface area contributed by atoms with Gasteiger partial charge in [-0.1, -0.05) is 209 Å². The Morgan fingerprint density at radius 2 is 0.634 bits per heavy atom. The molecule has 9 aromatic carbocycles. The SMILES string of the molecule is CC(=O)C=C(C)O.O=C(C=C(O)CCCCCCCCc1cccc(-c2ccnc(-c3[c-]cccc3)c2)c1)CCCCCCCCc1cccc(-c2ccnc(-c3[c-]cccc3)c2)c1.[Ir].[Ir].[c-]1ccc(CCc2ccc(CCc3cc[c-]c(-c4cc(-c5ccccc5)ccn4)c3)cc2)cc1-c1cc(-c2ccccc2)ccn1. The van der Waals surface area contributed by atoms with Crippen LogP contribution in [0.1, 0.15) is 137 Å². The summed E-state index contributed by atoms with van der Waals surface area (Å²) in [6.45, 7) is 2.85. The number of allylic oxidation sites excluding steroid dienone is 4. The van der Waals surface area contributed by atoms with Crippen LogP contribution in [0.5, 0.6) is 0 Å². The first-order valence-electron chi connectivity index (χ1n) is 39.0. The van der Waals surface area contributed by atoms with E-state index in [4.69, 9.17) is 5.11 Å². The molecule has 0 bridgehead atoms. The molecule has 8 nitrogen and oxygen atoms in total. The van der Waals surface area contributed by atoms with Crippen molar-refractivity contribution in [1.82, 2.24) is 19.9 Å². The number of aliphatic hydroxyl groups is 2. The van der Waals surface area contributed by atoms with E-state index >= 15 is 0 Å². The summed E-state index contributed by atoms with van der Waals surface area (Å²) in [5, 5.41) is 18.7. The van der Waals surface area contributed by atoms with Crippen LogP contribution in [0.15, 0.2) is 315 Å². The molecule has 0 atom stereocenters. The Labute approximate surface area is 691 Å². The quantitative estimate of drug-likeness (QED) is 0.0177. The predicted octanol–water partition coefficient (Wildman–Crippen LogP) is 25.4. The minimum absolute atomic E-state index is 0. The van der Waals surface area contributed by atoms with Gasteiger partial charge >= 0.3 is 0 Å². The Morgan fingerprint density at radius 3 is 1.03 bits per heavy atom. The van der Waals surface area contributed by atoms with Gasteiger partial charge in [-0.3, -0.25) is 9.59 Å². The van der Waals surface area contributed by atoms with E-state index in [1.54, 1.807) is 0 Å². The van der Waals surface area contributed by atoms with Crippen LogP contribution >= 0.6 is 0 Å². The van der Waals surface area contributed by atoms with Crippen LogP contribution in [0.2, 0.25) is 0 Å². The van der Waals surface area contributed by atoms with Crippen LogP contribution in [0.3, 0.4) is 0 Å². The fourth-order valence-corrected chi connectivity index (χ4v) is 13.6. The Kier molecular flexibility index (Phi) is 35.7. The van der Waals surface area contributed by atoms with Gasteiger partial charge < -0.3 is 30.1 Å². The number of hydrogen-bond acceptors (Lipinski definition) is 8. The molecule has 2 radical (unpaired) electrons. The maximum absolute atomic E-state index is 12.4. The van der Waals surface area contributed by atoms with Gasteiger partial charge in [-0.25, -0.2) is 0 Å². The zero-order chi connectivity index (χ0) is 76.2. The van der Waals surface area contributed by atoms with Gasteiger partial charge in [0.1, 0.15) is 0 Å². The van der Waals surface area contributed by atoms with Crippen molar-refractivity contribution in [3.63, 3.8) is 0 Å². The monoisotopic (exact) mass is 1830 g/mol. The third kappa shape index (κ3) is 28.6. The van der Waals surface area contributed by atoms with E-state index in [1.165, 1.54) is 136 Å². The van der Waals surface area contributed by atoms with E-state index in [0.717, 1.165) is 129 Å². The van der Waals surface area contributed by atoms with Crippen molar-refractivity contribution in [2.75, 3.05) is 0 Å². The molecular formula is C102H98Ir2N4O4-4. The first-order chi connectivity index (χ1) is 54.0. The van der Waals surface area contributed by atoms with E-state index in [2.05, 4.69) is 238 Å². The minimum Gasteiger partial charge on any atom is -0.512 e. The molecule has 13 rings (SSSR count). The number of ketones is 2. The van der Waals surface area contributed by atoms with E-state index < -0.39 is 0 Å². The molecule has 0 aliphatic carbocycles. The summed E-state index contributed by atoms with van der Waals surface area (Å²) in [7, 11) is 0. The number of benzene rings is 9. The van der Waals surface area contributed by atoms with Crippen molar-refractivity contribution in [3.8, 4) is 89.5 Å². The van der Waals surface area contributed by atoms with Crippen molar-refractivity contribution in [3.05, 3.63) is 373 Å². The normalized spacial score (nSPS) is 11.1. The molecule has 0 fully saturated rings. The second kappa shape index (κ2) is 46.8. The number of nitrogens with zero attached hydrogens (tertiary/aromatic N) is 4.